The summed E-state index contributed by atoms with van der Waals surface area (Å²) in [7, 11) is 0. The summed E-state index contributed by atoms with van der Waals surface area (Å²) in [5.41, 5.74) is 2.07. The van der Waals surface area contributed by atoms with Crippen molar-refractivity contribution in [2.75, 3.05) is 0 Å². The molecule has 0 spiro atoms. The van der Waals surface area contributed by atoms with Crippen LogP contribution >= 0.6 is 0 Å². The van der Waals surface area contributed by atoms with Gasteiger partial charge in [0.25, 0.3) is 5.91 Å². The highest BCUT2D eigenvalue weighted by Crippen LogP contribution is 2.06. The number of nitrogens with one attached hydrogen (secondary N) is 1. The lowest BCUT2D eigenvalue weighted by atomic mass is 10.1. The van der Waals surface area contributed by atoms with Crippen molar-refractivity contribution in [3.8, 4) is 0 Å². The second kappa shape index (κ2) is 5.57. The fourth-order valence-corrected chi connectivity index (χ4v) is 1.59. The maximum Gasteiger partial charge on any atom is 0.253 e. The molecular formula is C13H18N2O2. The standard InChI is InChI=1S/C13H18N2O2/c1-5-12(16)10(4)15-13(17)11-7-6-8(2)14-9(11)3/h6-7,10H,5H2,1-4H3,(H,15,17). The minimum atomic E-state index is -0.451. The topological polar surface area (TPSA) is 59.1 Å². The van der Waals surface area contributed by atoms with E-state index in [4.69, 9.17) is 0 Å². The number of pyridine rings is 1. The zero-order chi connectivity index (χ0) is 13.0. The fourth-order valence-electron chi connectivity index (χ4n) is 1.59. The van der Waals surface area contributed by atoms with Gasteiger partial charge in [0, 0.05) is 12.1 Å². The molecule has 1 rings (SSSR count). The SMILES string of the molecule is CCC(=O)C(C)NC(=O)c1ccc(C)nc1C. The van der Waals surface area contributed by atoms with E-state index >= 15 is 0 Å². The predicted molar refractivity (Wildman–Crippen MR) is 65.9 cm³/mol. The molecule has 0 aliphatic rings. The van der Waals surface area contributed by atoms with Gasteiger partial charge in [-0.2, -0.15) is 0 Å². The van der Waals surface area contributed by atoms with Crippen molar-refractivity contribution in [2.45, 2.75) is 40.2 Å². The van der Waals surface area contributed by atoms with Crippen LogP contribution in [-0.4, -0.2) is 22.7 Å². The number of Topliss-reactive ketones (excluding diaryl/α,β-unsaturated/α-hetero) is 1. The molecule has 4 nitrogen and oxygen atoms in total. The second-order valence-corrected chi connectivity index (χ2v) is 4.10. The molecule has 1 heterocycles. The first-order valence-electron chi connectivity index (χ1n) is 5.73. The smallest absolute Gasteiger partial charge is 0.253 e. The van der Waals surface area contributed by atoms with Crippen LogP contribution in [0, 0.1) is 13.8 Å². The lowest BCUT2D eigenvalue weighted by Gasteiger charge is -2.13. The number of carbonyl (C=O) groups is 2. The van der Waals surface area contributed by atoms with E-state index in [0.29, 0.717) is 17.7 Å². The Kier molecular flexibility index (Phi) is 4.37. The molecular weight excluding hydrogens is 216 g/mol. The maximum atomic E-state index is 11.9. The van der Waals surface area contributed by atoms with Crippen molar-refractivity contribution in [1.82, 2.24) is 10.3 Å². The van der Waals surface area contributed by atoms with Gasteiger partial charge in [-0.25, -0.2) is 0 Å². The average molecular weight is 234 g/mol. The third-order valence-electron chi connectivity index (χ3n) is 2.65. The lowest BCUT2D eigenvalue weighted by Crippen LogP contribution is -2.38. The van der Waals surface area contributed by atoms with Crippen LogP contribution in [0.15, 0.2) is 12.1 Å². The van der Waals surface area contributed by atoms with Gasteiger partial charge in [0.05, 0.1) is 17.3 Å². The predicted octanol–water partition coefficient (Wildman–Crippen LogP) is 1.80. The molecule has 17 heavy (non-hydrogen) atoms. The van der Waals surface area contributed by atoms with Crippen molar-refractivity contribution >= 4 is 11.7 Å². The van der Waals surface area contributed by atoms with Gasteiger partial charge >= 0.3 is 0 Å². The monoisotopic (exact) mass is 234 g/mol. The Morgan fingerprint density at radius 3 is 2.53 bits per heavy atom. The number of aromatic nitrogens is 1. The molecule has 0 aliphatic heterocycles. The molecule has 0 radical (unpaired) electrons. The van der Waals surface area contributed by atoms with Gasteiger partial charge in [-0.1, -0.05) is 6.92 Å². The maximum absolute atomic E-state index is 11.9. The summed E-state index contributed by atoms with van der Waals surface area (Å²) in [5.74, 6) is -0.222. The summed E-state index contributed by atoms with van der Waals surface area (Å²) in [4.78, 5) is 27.5. The van der Waals surface area contributed by atoms with E-state index in [1.807, 2.05) is 6.92 Å². The minimum Gasteiger partial charge on any atom is -0.342 e. The van der Waals surface area contributed by atoms with Crippen LogP contribution in [0.5, 0.6) is 0 Å². The number of amides is 1. The Morgan fingerprint density at radius 1 is 1.35 bits per heavy atom. The molecule has 4 heteroatoms. The molecule has 1 N–H and O–H groups in total. The second-order valence-electron chi connectivity index (χ2n) is 4.10. The van der Waals surface area contributed by atoms with Crippen LogP contribution in [0.3, 0.4) is 0 Å². The van der Waals surface area contributed by atoms with Gasteiger partial charge in [0.15, 0.2) is 5.78 Å². The number of nitrogens with zero attached hydrogens (tertiary/aromatic N) is 1. The van der Waals surface area contributed by atoms with Crippen molar-refractivity contribution in [3.05, 3.63) is 29.1 Å². The molecule has 0 aliphatic carbocycles. The first kappa shape index (κ1) is 13.4. The molecule has 1 aromatic heterocycles. The highest BCUT2D eigenvalue weighted by atomic mass is 16.2. The van der Waals surface area contributed by atoms with Crippen LogP contribution < -0.4 is 5.32 Å². The van der Waals surface area contributed by atoms with Crippen LogP contribution in [0.2, 0.25) is 0 Å². The summed E-state index contributed by atoms with van der Waals surface area (Å²) in [6.45, 7) is 7.14. The molecule has 1 amide bonds. The molecule has 0 saturated carbocycles. The Hall–Kier alpha value is -1.71. The number of hydrogen-bond acceptors (Lipinski definition) is 3. The number of carbonyl (C=O) groups excluding carboxylic acids is 2. The molecule has 0 aromatic carbocycles. The van der Waals surface area contributed by atoms with E-state index in [9.17, 15) is 9.59 Å². The number of rotatable bonds is 4. The largest absolute Gasteiger partial charge is 0.342 e. The van der Waals surface area contributed by atoms with E-state index in [0.717, 1.165) is 5.69 Å². The van der Waals surface area contributed by atoms with Crippen molar-refractivity contribution in [1.29, 1.82) is 0 Å². The first-order chi connectivity index (χ1) is 7.95. The number of ketones is 1. The Morgan fingerprint density at radius 2 is 2.00 bits per heavy atom. The summed E-state index contributed by atoms with van der Waals surface area (Å²) >= 11 is 0. The van der Waals surface area contributed by atoms with Crippen molar-refractivity contribution in [2.24, 2.45) is 0 Å². The molecule has 0 bridgehead atoms. The van der Waals surface area contributed by atoms with Crippen LogP contribution in [0.25, 0.3) is 0 Å². The van der Waals surface area contributed by atoms with Crippen molar-refractivity contribution in [3.63, 3.8) is 0 Å². The third-order valence-corrected chi connectivity index (χ3v) is 2.65. The van der Waals surface area contributed by atoms with E-state index in [1.54, 1.807) is 32.9 Å². The molecule has 1 unspecified atom stereocenters. The summed E-state index contributed by atoms with van der Waals surface area (Å²) in [5, 5.41) is 2.68. The molecule has 0 fully saturated rings. The lowest BCUT2D eigenvalue weighted by molar-refractivity contribution is -0.120. The highest BCUT2D eigenvalue weighted by Gasteiger charge is 2.16. The van der Waals surface area contributed by atoms with Crippen LogP contribution in [0.1, 0.15) is 42.0 Å². The summed E-state index contributed by atoms with van der Waals surface area (Å²) < 4.78 is 0. The Balaban J connectivity index is 2.80. The zero-order valence-corrected chi connectivity index (χ0v) is 10.7. The van der Waals surface area contributed by atoms with Gasteiger partial charge in [0.2, 0.25) is 0 Å². The summed E-state index contributed by atoms with van der Waals surface area (Å²) in [6.07, 6.45) is 0.423. The Bertz CT molecular complexity index is 441. The third kappa shape index (κ3) is 3.37. The van der Waals surface area contributed by atoms with E-state index in [1.165, 1.54) is 0 Å². The van der Waals surface area contributed by atoms with Gasteiger partial charge < -0.3 is 5.32 Å². The highest BCUT2D eigenvalue weighted by molar-refractivity contribution is 5.98. The number of hydrogen-bond donors (Lipinski definition) is 1. The van der Waals surface area contributed by atoms with Crippen LogP contribution in [-0.2, 0) is 4.79 Å². The van der Waals surface area contributed by atoms with Gasteiger partial charge in [-0.3, -0.25) is 14.6 Å². The zero-order valence-electron chi connectivity index (χ0n) is 10.7. The molecule has 0 saturated heterocycles. The summed E-state index contributed by atoms with van der Waals surface area (Å²) in [6, 6.07) is 3.07. The van der Waals surface area contributed by atoms with E-state index in [2.05, 4.69) is 10.3 Å². The average Bonchev–Trinajstić information content (AvgIpc) is 2.27. The van der Waals surface area contributed by atoms with Crippen molar-refractivity contribution < 1.29 is 9.59 Å². The molecule has 92 valence electrons. The Labute approximate surface area is 101 Å². The van der Waals surface area contributed by atoms with Gasteiger partial charge in [0.1, 0.15) is 0 Å². The van der Waals surface area contributed by atoms with Gasteiger partial charge in [-0.15, -0.1) is 0 Å². The first-order valence-corrected chi connectivity index (χ1v) is 5.73. The number of aryl methyl sites for hydroxylation is 2. The molecule has 1 atom stereocenters. The molecule has 1 aromatic rings. The quantitative estimate of drug-likeness (QED) is 0.864. The van der Waals surface area contributed by atoms with Gasteiger partial charge in [-0.05, 0) is 32.9 Å². The van der Waals surface area contributed by atoms with E-state index < -0.39 is 6.04 Å². The fraction of sp³-hybridized carbons (Fsp3) is 0.462. The minimum absolute atomic E-state index is 0.0241. The van der Waals surface area contributed by atoms with Crippen LogP contribution in [0.4, 0.5) is 0 Å². The normalized spacial score (nSPS) is 12.0. The van der Waals surface area contributed by atoms with E-state index in [-0.39, 0.29) is 11.7 Å².